The van der Waals surface area contributed by atoms with Gasteiger partial charge in [-0.15, -0.1) is 0 Å². The van der Waals surface area contributed by atoms with Crippen LogP contribution in [0.15, 0.2) is 10.7 Å². The van der Waals surface area contributed by atoms with Crippen LogP contribution in [-0.2, 0) is 0 Å². The van der Waals surface area contributed by atoms with Gasteiger partial charge in [-0.1, -0.05) is 0 Å². The summed E-state index contributed by atoms with van der Waals surface area (Å²) in [5, 5.41) is 23.2. The third-order valence-electron chi connectivity index (χ3n) is 2.12. The Morgan fingerprint density at radius 3 is 2.71 bits per heavy atom. The molecule has 17 heavy (non-hydrogen) atoms. The number of hydrogen-bond donors (Lipinski definition) is 2. The van der Waals surface area contributed by atoms with E-state index in [-0.39, 0.29) is 5.69 Å². The molecule has 0 saturated carbocycles. The van der Waals surface area contributed by atoms with E-state index in [1.54, 1.807) is 20.8 Å². The van der Waals surface area contributed by atoms with Crippen molar-refractivity contribution in [2.45, 2.75) is 26.4 Å². The maximum atomic E-state index is 10.7. The van der Waals surface area contributed by atoms with Crippen LogP contribution in [0.4, 0.5) is 11.5 Å². The van der Waals surface area contributed by atoms with Crippen LogP contribution < -0.4 is 5.32 Å². The van der Waals surface area contributed by atoms with Crippen LogP contribution in [0.1, 0.15) is 19.4 Å². The summed E-state index contributed by atoms with van der Waals surface area (Å²) in [7, 11) is 0. The summed E-state index contributed by atoms with van der Waals surface area (Å²) in [4.78, 5) is 14.2. The van der Waals surface area contributed by atoms with Crippen LogP contribution in [0.5, 0.6) is 0 Å². The van der Waals surface area contributed by atoms with Crippen LogP contribution in [0.25, 0.3) is 0 Å². The van der Waals surface area contributed by atoms with Gasteiger partial charge in [-0.25, -0.2) is 4.98 Å². The van der Waals surface area contributed by atoms with Crippen LogP contribution in [0.3, 0.4) is 0 Å². The minimum Gasteiger partial charge on any atom is -0.389 e. The zero-order valence-corrected chi connectivity index (χ0v) is 11.4. The summed E-state index contributed by atoms with van der Waals surface area (Å²) >= 11 is 3.26. The van der Waals surface area contributed by atoms with Gasteiger partial charge < -0.3 is 10.4 Å². The minimum atomic E-state index is -0.878. The fourth-order valence-electron chi connectivity index (χ4n) is 1.18. The monoisotopic (exact) mass is 303 g/mol. The number of aliphatic hydroxyl groups is 1. The Hall–Kier alpha value is -1.21. The molecule has 0 aliphatic rings. The lowest BCUT2D eigenvalue weighted by atomic mass is 10.1. The predicted molar refractivity (Wildman–Crippen MR) is 68.1 cm³/mol. The van der Waals surface area contributed by atoms with Crippen LogP contribution in [0, 0.1) is 17.0 Å². The number of rotatable bonds is 4. The van der Waals surface area contributed by atoms with Crippen molar-refractivity contribution in [3.05, 3.63) is 26.3 Å². The smallest absolute Gasteiger partial charge is 0.291 e. The molecule has 1 heterocycles. The highest BCUT2D eigenvalue weighted by molar-refractivity contribution is 9.10. The lowest BCUT2D eigenvalue weighted by Gasteiger charge is -2.18. The van der Waals surface area contributed by atoms with Gasteiger partial charge in [0.05, 0.1) is 15.0 Å². The van der Waals surface area contributed by atoms with Gasteiger partial charge in [0.1, 0.15) is 12.0 Å². The van der Waals surface area contributed by atoms with Crippen molar-refractivity contribution in [3.8, 4) is 0 Å². The zero-order valence-electron chi connectivity index (χ0n) is 9.82. The largest absolute Gasteiger partial charge is 0.389 e. The van der Waals surface area contributed by atoms with Crippen molar-refractivity contribution < 1.29 is 10.0 Å². The van der Waals surface area contributed by atoms with Crippen molar-refractivity contribution in [2.75, 3.05) is 11.9 Å². The molecule has 0 atom stereocenters. The summed E-state index contributed by atoms with van der Waals surface area (Å²) in [5.41, 5.74) is -0.412. The fraction of sp³-hybridized carbons (Fsp3) is 0.500. The van der Waals surface area contributed by atoms with Gasteiger partial charge >= 0.3 is 0 Å². The Morgan fingerprint density at radius 2 is 2.24 bits per heavy atom. The van der Waals surface area contributed by atoms with Gasteiger partial charge in [0.15, 0.2) is 0 Å². The first-order valence-electron chi connectivity index (χ1n) is 4.98. The highest BCUT2D eigenvalue weighted by Crippen LogP contribution is 2.30. The number of hydrogen-bond acceptors (Lipinski definition) is 5. The zero-order chi connectivity index (χ0) is 13.2. The van der Waals surface area contributed by atoms with Gasteiger partial charge in [0.25, 0.3) is 5.69 Å². The van der Waals surface area contributed by atoms with Crippen molar-refractivity contribution >= 4 is 27.4 Å². The topological polar surface area (TPSA) is 88.3 Å². The average Bonchev–Trinajstić information content (AvgIpc) is 2.18. The van der Waals surface area contributed by atoms with Crippen molar-refractivity contribution in [2.24, 2.45) is 0 Å². The van der Waals surface area contributed by atoms with Crippen molar-refractivity contribution in [3.63, 3.8) is 0 Å². The van der Waals surface area contributed by atoms with E-state index in [0.717, 1.165) is 0 Å². The van der Waals surface area contributed by atoms with Gasteiger partial charge in [-0.2, -0.15) is 0 Å². The quantitative estimate of drug-likeness (QED) is 0.658. The number of anilines is 1. The van der Waals surface area contributed by atoms with Crippen molar-refractivity contribution in [1.82, 2.24) is 4.98 Å². The fourth-order valence-corrected chi connectivity index (χ4v) is 1.62. The molecular formula is C10H14BrN3O3. The Labute approximate surface area is 107 Å². The number of pyridine rings is 1. The second-order valence-corrected chi connectivity index (χ2v) is 5.15. The van der Waals surface area contributed by atoms with Crippen LogP contribution in [-0.4, -0.2) is 27.2 Å². The Balaban J connectivity index is 2.97. The molecule has 6 nitrogen and oxygen atoms in total. The van der Waals surface area contributed by atoms with Gasteiger partial charge in [-0.05, 0) is 36.7 Å². The number of halogens is 1. The van der Waals surface area contributed by atoms with Gasteiger partial charge in [0.2, 0.25) is 0 Å². The standard InChI is InChI=1S/C10H14BrN3O3/c1-6-7(14(16)17)4-12-9(8(6)11)13-5-10(2,3)15/h4,15H,5H2,1-3H3,(H,12,13). The molecule has 0 aliphatic heterocycles. The van der Waals surface area contributed by atoms with E-state index in [9.17, 15) is 15.2 Å². The molecule has 1 aromatic rings. The molecule has 0 fully saturated rings. The normalized spacial score (nSPS) is 11.4. The van der Waals surface area contributed by atoms with E-state index >= 15 is 0 Å². The number of nitrogens with zero attached hydrogens (tertiary/aromatic N) is 2. The molecule has 0 aliphatic carbocycles. The molecule has 0 saturated heterocycles. The van der Waals surface area contributed by atoms with E-state index in [4.69, 9.17) is 0 Å². The molecule has 0 spiro atoms. The number of aromatic nitrogens is 1. The van der Waals surface area contributed by atoms with E-state index in [2.05, 4.69) is 26.2 Å². The Morgan fingerprint density at radius 1 is 1.65 bits per heavy atom. The summed E-state index contributed by atoms with van der Waals surface area (Å²) in [5.74, 6) is 0.482. The summed E-state index contributed by atoms with van der Waals surface area (Å²) in [6.07, 6.45) is 1.20. The molecule has 0 aromatic carbocycles. The SMILES string of the molecule is Cc1c([N+](=O)[O-])cnc(NCC(C)(C)O)c1Br. The van der Waals surface area contributed by atoms with E-state index in [1.165, 1.54) is 6.20 Å². The third kappa shape index (κ3) is 3.64. The van der Waals surface area contributed by atoms with Gasteiger partial charge in [-0.3, -0.25) is 10.1 Å². The maximum Gasteiger partial charge on any atom is 0.291 e. The number of nitrogens with one attached hydrogen (secondary N) is 1. The van der Waals surface area contributed by atoms with Gasteiger partial charge in [0, 0.05) is 12.1 Å². The average molecular weight is 304 g/mol. The first-order valence-corrected chi connectivity index (χ1v) is 5.77. The Kier molecular flexibility index (Phi) is 4.05. The first kappa shape index (κ1) is 13.9. The molecule has 2 N–H and O–H groups in total. The first-order chi connectivity index (χ1) is 7.72. The second-order valence-electron chi connectivity index (χ2n) is 4.35. The molecule has 0 bridgehead atoms. The molecule has 0 amide bonds. The molecule has 94 valence electrons. The molecule has 7 heteroatoms. The van der Waals surface area contributed by atoms with Crippen LogP contribution >= 0.6 is 15.9 Å². The predicted octanol–water partition coefficient (Wildman–Crippen LogP) is 2.24. The highest BCUT2D eigenvalue weighted by Gasteiger charge is 2.19. The lowest BCUT2D eigenvalue weighted by Crippen LogP contribution is -2.29. The molecule has 0 radical (unpaired) electrons. The van der Waals surface area contributed by atoms with E-state index in [1.807, 2.05) is 0 Å². The third-order valence-corrected chi connectivity index (χ3v) is 3.09. The lowest BCUT2D eigenvalue weighted by molar-refractivity contribution is -0.385. The summed E-state index contributed by atoms with van der Waals surface area (Å²) < 4.78 is 0.538. The summed E-state index contributed by atoms with van der Waals surface area (Å²) in [6.45, 7) is 5.26. The maximum absolute atomic E-state index is 10.7. The van der Waals surface area contributed by atoms with E-state index < -0.39 is 10.5 Å². The number of nitro groups is 1. The van der Waals surface area contributed by atoms with E-state index in [0.29, 0.717) is 22.4 Å². The molecule has 0 unspecified atom stereocenters. The second kappa shape index (κ2) is 4.97. The molecule has 1 aromatic heterocycles. The summed E-state index contributed by atoms with van der Waals surface area (Å²) in [6, 6.07) is 0. The van der Waals surface area contributed by atoms with Crippen LogP contribution in [0.2, 0.25) is 0 Å². The minimum absolute atomic E-state index is 0.0364. The Bertz CT molecular complexity index is 443. The molecule has 1 rings (SSSR count). The molecular weight excluding hydrogens is 290 g/mol. The van der Waals surface area contributed by atoms with Crippen molar-refractivity contribution in [1.29, 1.82) is 0 Å². The highest BCUT2D eigenvalue weighted by atomic mass is 79.9.